The fourth-order valence-corrected chi connectivity index (χ4v) is 2.11. The minimum Gasteiger partial charge on any atom is -0.310 e. The average molecular weight is 275 g/mol. The first-order chi connectivity index (χ1) is 9.15. The van der Waals surface area contributed by atoms with Gasteiger partial charge in [0.15, 0.2) is 0 Å². The molecule has 0 fully saturated rings. The Bertz CT molecular complexity index is 524. The number of aromatic nitrogens is 1. The molecule has 0 amide bonds. The van der Waals surface area contributed by atoms with E-state index in [-0.39, 0.29) is 0 Å². The number of hydrogen-bond donors (Lipinski definition) is 1. The van der Waals surface area contributed by atoms with E-state index in [1.54, 1.807) is 6.20 Å². The number of halogens is 1. The van der Waals surface area contributed by atoms with E-state index in [1.807, 2.05) is 18.3 Å². The van der Waals surface area contributed by atoms with Crippen molar-refractivity contribution in [3.8, 4) is 0 Å². The van der Waals surface area contributed by atoms with Crippen LogP contribution in [0, 0.1) is 0 Å². The van der Waals surface area contributed by atoms with E-state index >= 15 is 0 Å². The van der Waals surface area contributed by atoms with Crippen LogP contribution in [0.5, 0.6) is 0 Å². The van der Waals surface area contributed by atoms with Crippen molar-refractivity contribution < 1.29 is 0 Å². The summed E-state index contributed by atoms with van der Waals surface area (Å²) in [4.78, 5) is 4.14. The third kappa shape index (κ3) is 4.34. The minimum absolute atomic E-state index is 0.457. The van der Waals surface area contributed by atoms with E-state index < -0.39 is 0 Å². The first kappa shape index (κ1) is 14.0. The van der Waals surface area contributed by atoms with Crippen LogP contribution in [0.2, 0.25) is 5.02 Å². The predicted octanol–water partition coefficient (Wildman–Crippen LogP) is 3.82. The van der Waals surface area contributed by atoms with Gasteiger partial charge in [0.1, 0.15) is 0 Å². The number of hydrogen-bond acceptors (Lipinski definition) is 2. The van der Waals surface area contributed by atoms with Gasteiger partial charge in [0.25, 0.3) is 0 Å². The molecule has 2 nitrogen and oxygen atoms in total. The Kier molecular flexibility index (Phi) is 4.94. The van der Waals surface area contributed by atoms with Crippen molar-refractivity contribution >= 4 is 11.6 Å². The Balaban J connectivity index is 2.12. The normalized spacial score (nSPS) is 10.9. The Morgan fingerprint density at radius 2 is 2.05 bits per heavy atom. The third-order valence-corrected chi connectivity index (χ3v) is 3.31. The zero-order chi connectivity index (χ0) is 13.7. The molecule has 100 valence electrons. The Labute approximate surface area is 119 Å². The average Bonchev–Trinajstić information content (AvgIpc) is 2.40. The SMILES string of the molecule is CC(C)NCc1cc(Cc2cccnc2)ccc1Cl. The van der Waals surface area contributed by atoms with Crippen molar-refractivity contribution in [2.24, 2.45) is 0 Å². The second-order valence-corrected chi connectivity index (χ2v) is 5.41. The van der Waals surface area contributed by atoms with E-state index in [0.717, 1.165) is 23.6 Å². The molecule has 2 rings (SSSR count). The lowest BCUT2D eigenvalue weighted by Gasteiger charge is -2.11. The summed E-state index contributed by atoms with van der Waals surface area (Å²) in [6.07, 6.45) is 4.59. The summed E-state index contributed by atoms with van der Waals surface area (Å²) in [5.41, 5.74) is 3.63. The first-order valence-electron chi connectivity index (χ1n) is 6.55. The van der Waals surface area contributed by atoms with Gasteiger partial charge in [-0.15, -0.1) is 0 Å². The van der Waals surface area contributed by atoms with Crippen molar-refractivity contribution in [1.82, 2.24) is 10.3 Å². The van der Waals surface area contributed by atoms with Crippen LogP contribution in [0.1, 0.15) is 30.5 Å². The smallest absolute Gasteiger partial charge is 0.0451 e. The number of rotatable bonds is 5. The number of pyridine rings is 1. The molecule has 0 aliphatic carbocycles. The molecule has 0 aliphatic heterocycles. The van der Waals surface area contributed by atoms with Gasteiger partial charge in [-0.25, -0.2) is 0 Å². The summed E-state index contributed by atoms with van der Waals surface area (Å²) in [5.74, 6) is 0. The van der Waals surface area contributed by atoms with Gasteiger partial charge in [-0.2, -0.15) is 0 Å². The molecule has 1 N–H and O–H groups in total. The van der Waals surface area contributed by atoms with Crippen molar-refractivity contribution in [1.29, 1.82) is 0 Å². The summed E-state index contributed by atoms with van der Waals surface area (Å²) in [6, 6.07) is 10.7. The molecule has 0 saturated carbocycles. The lowest BCUT2D eigenvalue weighted by atomic mass is 10.0. The highest BCUT2D eigenvalue weighted by Crippen LogP contribution is 2.19. The molecule has 19 heavy (non-hydrogen) atoms. The number of nitrogens with one attached hydrogen (secondary N) is 1. The van der Waals surface area contributed by atoms with Crippen molar-refractivity contribution in [2.45, 2.75) is 32.9 Å². The van der Waals surface area contributed by atoms with Crippen molar-refractivity contribution in [3.05, 3.63) is 64.4 Å². The highest BCUT2D eigenvalue weighted by atomic mass is 35.5. The van der Waals surface area contributed by atoms with E-state index in [1.165, 1.54) is 11.1 Å². The summed E-state index contributed by atoms with van der Waals surface area (Å²) in [5, 5.41) is 4.22. The molecule has 3 heteroatoms. The fraction of sp³-hybridized carbons (Fsp3) is 0.312. The molecule has 2 aromatic rings. The van der Waals surface area contributed by atoms with Gasteiger partial charge >= 0.3 is 0 Å². The van der Waals surface area contributed by atoms with Crippen LogP contribution in [-0.2, 0) is 13.0 Å². The highest BCUT2D eigenvalue weighted by Gasteiger charge is 2.04. The molecule has 0 bridgehead atoms. The quantitative estimate of drug-likeness (QED) is 0.896. The van der Waals surface area contributed by atoms with Crippen LogP contribution in [0.4, 0.5) is 0 Å². The summed E-state index contributed by atoms with van der Waals surface area (Å²) in [7, 11) is 0. The van der Waals surface area contributed by atoms with Gasteiger partial charge in [-0.1, -0.05) is 43.6 Å². The monoisotopic (exact) mass is 274 g/mol. The van der Waals surface area contributed by atoms with Gasteiger partial charge < -0.3 is 5.32 Å². The van der Waals surface area contributed by atoms with Crippen LogP contribution < -0.4 is 5.32 Å². The number of nitrogens with zero attached hydrogens (tertiary/aromatic N) is 1. The molecule has 1 heterocycles. The Hall–Kier alpha value is -1.38. The van der Waals surface area contributed by atoms with Crippen LogP contribution in [0.3, 0.4) is 0 Å². The first-order valence-corrected chi connectivity index (χ1v) is 6.92. The molecule has 0 atom stereocenters. The van der Waals surface area contributed by atoms with Crippen LogP contribution in [0.25, 0.3) is 0 Å². The second-order valence-electron chi connectivity index (χ2n) is 5.00. The molecule has 0 unspecified atom stereocenters. The molecule has 0 aliphatic rings. The van der Waals surface area contributed by atoms with Gasteiger partial charge in [0.05, 0.1) is 0 Å². The summed E-state index contributed by atoms with van der Waals surface area (Å²) in [6.45, 7) is 5.07. The zero-order valence-electron chi connectivity index (χ0n) is 11.4. The molecule has 0 saturated heterocycles. The summed E-state index contributed by atoms with van der Waals surface area (Å²) < 4.78 is 0. The van der Waals surface area contributed by atoms with Gasteiger partial charge in [-0.05, 0) is 35.2 Å². The molecule has 1 aromatic heterocycles. The third-order valence-electron chi connectivity index (χ3n) is 2.94. The highest BCUT2D eigenvalue weighted by molar-refractivity contribution is 6.31. The second kappa shape index (κ2) is 6.69. The van der Waals surface area contributed by atoms with Crippen LogP contribution >= 0.6 is 11.6 Å². The largest absolute Gasteiger partial charge is 0.310 e. The molecular weight excluding hydrogens is 256 g/mol. The maximum absolute atomic E-state index is 6.23. The number of benzene rings is 1. The lowest BCUT2D eigenvalue weighted by Crippen LogP contribution is -2.22. The van der Waals surface area contributed by atoms with E-state index in [0.29, 0.717) is 6.04 Å². The van der Waals surface area contributed by atoms with Crippen LogP contribution in [-0.4, -0.2) is 11.0 Å². The maximum Gasteiger partial charge on any atom is 0.0451 e. The Morgan fingerprint density at radius 1 is 1.21 bits per heavy atom. The van der Waals surface area contributed by atoms with Gasteiger partial charge in [0.2, 0.25) is 0 Å². The van der Waals surface area contributed by atoms with Gasteiger partial charge in [0, 0.05) is 30.0 Å². The molecule has 0 radical (unpaired) electrons. The van der Waals surface area contributed by atoms with Gasteiger partial charge in [-0.3, -0.25) is 4.98 Å². The van der Waals surface area contributed by atoms with Crippen molar-refractivity contribution in [2.75, 3.05) is 0 Å². The molecular formula is C16H19ClN2. The molecule has 0 spiro atoms. The van der Waals surface area contributed by atoms with Crippen molar-refractivity contribution in [3.63, 3.8) is 0 Å². The van der Waals surface area contributed by atoms with E-state index in [2.05, 4.69) is 42.3 Å². The van der Waals surface area contributed by atoms with E-state index in [4.69, 9.17) is 11.6 Å². The predicted molar refractivity (Wildman–Crippen MR) is 80.5 cm³/mol. The topological polar surface area (TPSA) is 24.9 Å². The zero-order valence-corrected chi connectivity index (χ0v) is 12.1. The van der Waals surface area contributed by atoms with E-state index in [9.17, 15) is 0 Å². The maximum atomic E-state index is 6.23. The minimum atomic E-state index is 0.457. The lowest BCUT2D eigenvalue weighted by molar-refractivity contribution is 0.588. The fourth-order valence-electron chi connectivity index (χ4n) is 1.93. The van der Waals surface area contributed by atoms with Crippen LogP contribution in [0.15, 0.2) is 42.7 Å². The Morgan fingerprint density at radius 3 is 2.74 bits per heavy atom. The molecule has 1 aromatic carbocycles. The standard InChI is InChI=1S/C16H19ClN2/c1-12(2)19-11-15-9-13(5-6-16(15)17)8-14-4-3-7-18-10-14/h3-7,9-10,12,19H,8,11H2,1-2H3. The summed E-state index contributed by atoms with van der Waals surface area (Å²) >= 11 is 6.23.